The van der Waals surface area contributed by atoms with E-state index < -0.39 is 5.60 Å². The Morgan fingerprint density at radius 1 is 1.47 bits per heavy atom. The molecular formula is C14H16N2O. The van der Waals surface area contributed by atoms with Gasteiger partial charge in [0, 0.05) is 17.3 Å². The Morgan fingerprint density at radius 2 is 2.29 bits per heavy atom. The highest BCUT2D eigenvalue weighted by Crippen LogP contribution is 2.19. The van der Waals surface area contributed by atoms with E-state index in [2.05, 4.69) is 27.6 Å². The van der Waals surface area contributed by atoms with E-state index in [9.17, 15) is 5.11 Å². The molecule has 3 nitrogen and oxygen atoms in total. The highest BCUT2D eigenvalue weighted by Gasteiger charge is 2.21. The van der Waals surface area contributed by atoms with Crippen LogP contribution in [0, 0.1) is 0 Å². The van der Waals surface area contributed by atoms with Gasteiger partial charge in [-0.1, -0.05) is 18.2 Å². The van der Waals surface area contributed by atoms with Crippen molar-refractivity contribution in [3.05, 3.63) is 41.2 Å². The normalized spacial score (nSPS) is 15.0. The van der Waals surface area contributed by atoms with Gasteiger partial charge in [-0.05, 0) is 25.8 Å². The van der Waals surface area contributed by atoms with Crippen molar-refractivity contribution < 1.29 is 5.11 Å². The summed E-state index contributed by atoms with van der Waals surface area (Å²) in [7, 11) is 0. The summed E-state index contributed by atoms with van der Waals surface area (Å²) in [6, 6.07) is 0. The fourth-order valence-electron chi connectivity index (χ4n) is 2.53. The van der Waals surface area contributed by atoms with Gasteiger partial charge in [0.25, 0.3) is 0 Å². The first-order valence-electron chi connectivity index (χ1n) is 5.91. The van der Waals surface area contributed by atoms with Gasteiger partial charge in [-0.15, -0.1) is 0 Å². The van der Waals surface area contributed by atoms with E-state index in [4.69, 9.17) is 0 Å². The van der Waals surface area contributed by atoms with E-state index in [1.807, 2.05) is 26.4 Å². The number of aliphatic hydroxyl groups is 1. The summed E-state index contributed by atoms with van der Waals surface area (Å²) in [6.45, 7) is 3.69. The Labute approximate surface area is 100 Å². The van der Waals surface area contributed by atoms with Crippen LogP contribution in [-0.2, 0) is 12.8 Å². The summed E-state index contributed by atoms with van der Waals surface area (Å²) >= 11 is 0. The number of aromatic nitrogens is 2. The maximum Gasteiger partial charge on any atom is 0.0994 e. The molecule has 88 valence electrons. The van der Waals surface area contributed by atoms with Crippen LogP contribution >= 0.6 is 0 Å². The second-order valence-corrected chi connectivity index (χ2v) is 5.28. The van der Waals surface area contributed by atoms with Crippen molar-refractivity contribution in [3.8, 4) is 0 Å². The smallest absolute Gasteiger partial charge is 0.0994 e. The Kier molecular flexibility index (Phi) is 2.13. The van der Waals surface area contributed by atoms with Gasteiger partial charge in [0.2, 0.25) is 0 Å². The summed E-state index contributed by atoms with van der Waals surface area (Å²) < 4.78 is 2.10. The monoisotopic (exact) mass is 228 g/mol. The van der Waals surface area contributed by atoms with Crippen LogP contribution in [0.15, 0.2) is 24.7 Å². The van der Waals surface area contributed by atoms with Crippen molar-refractivity contribution >= 4 is 11.6 Å². The van der Waals surface area contributed by atoms with Gasteiger partial charge < -0.3 is 9.51 Å². The van der Waals surface area contributed by atoms with Crippen LogP contribution < -0.4 is 5.22 Å². The average Bonchev–Trinajstić information content (AvgIpc) is 2.81. The van der Waals surface area contributed by atoms with Gasteiger partial charge >= 0.3 is 0 Å². The van der Waals surface area contributed by atoms with Gasteiger partial charge in [0.1, 0.15) is 0 Å². The quantitative estimate of drug-likeness (QED) is 0.840. The summed E-state index contributed by atoms with van der Waals surface area (Å²) in [5.41, 5.74) is 2.96. The number of rotatable bonds is 2. The number of hydrogen-bond acceptors (Lipinski definition) is 2. The first-order chi connectivity index (χ1) is 8.06. The van der Waals surface area contributed by atoms with Crippen molar-refractivity contribution in [1.29, 1.82) is 0 Å². The third kappa shape index (κ3) is 1.67. The SMILES string of the molecule is CC(C)(O)Cc1c2c(c3cncn13)=CC=CC2. The molecule has 3 heteroatoms. The van der Waals surface area contributed by atoms with Gasteiger partial charge in [0.05, 0.1) is 23.6 Å². The zero-order valence-corrected chi connectivity index (χ0v) is 10.1. The summed E-state index contributed by atoms with van der Waals surface area (Å²) in [4.78, 5) is 4.20. The van der Waals surface area contributed by atoms with E-state index in [0.717, 1.165) is 11.9 Å². The lowest BCUT2D eigenvalue weighted by molar-refractivity contribution is 0.0795. The molecule has 0 aliphatic heterocycles. The Bertz CT molecular complexity index is 644. The zero-order valence-electron chi connectivity index (χ0n) is 10.1. The van der Waals surface area contributed by atoms with E-state index >= 15 is 0 Å². The second-order valence-electron chi connectivity index (χ2n) is 5.28. The number of hydrogen-bond donors (Lipinski definition) is 1. The predicted molar refractivity (Wildman–Crippen MR) is 67.7 cm³/mol. The molecule has 0 atom stereocenters. The molecule has 1 N–H and O–H groups in total. The lowest BCUT2D eigenvalue weighted by Crippen LogP contribution is -2.24. The summed E-state index contributed by atoms with van der Waals surface area (Å²) in [6.07, 6.45) is 11.7. The molecule has 0 bridgehead atoms. The van der Waals surface area contributed by atoms with Gasteiger partial charge in [-0.25, -0.2) is 4.98 Å². The standard InChI is InChI=1S/C14H16N2O/c1-14(2,17)7-12-10-5-3-4-6-11(10)13-8-15-9-16(12)13/h3-4,6,8-9,17H,5,7H2,1-2H3. The van der Waals surface area contributed by atoms with Crippen molar-refractivity contribution in [1.82, 2.24) is 9.38 Å². The van der Waals surface area contributed by atoms with Gasteiger partial charge in [-0.2, -0.15) is 0 Å². The molecule has 0 fully saturated rings. The highest BCUT2D eigenvalue weighted by molar-refractivity contribution is 5.62. The van der Waals surface area contributed by atoms with E-state index in [-0.39, 0.29) is 0 Å². The molecule has 2 aromatic heterocycles. The minimum Gasteiger partial charge on any atom is -0.390 e. The zero-order chi connectivity index (χ0) is 12.0. The first kappa shape index (κ1) is 10.5. The molecule has 0 unspecified atom stereocenters. The molecule has 0 saturated heterocycles. The van der Waals surface area contributed by atoms with Crippen LogP contribution in [0.5, 0.6) is 0 Å². The second kappa shape index (κ2) is 3.44. The third-order valence-electron chi connectivity index (χ3n) is 3.20. The number of nitrogens with zero attached hydrogens (tertiary/aromatic N) is 2. The number of allylic oxidation sites excluding steroid dienone is 2. The van der Waals surface area contributed by atoms with Crippen molar-refractivity contribution in [3.63, 3.8) is 0 Å². The number of imidazole rings is 1. The summed E-state index contributed by atoms with van der Waals surface area (Å²) in [5.74, 6) is 0. The third-order valence-corrected chi connectivity index (χ3v) is 3.20. The molecular weight excluding hydrogens is 212 g/mol. The predicted octanol–water partition coefficient (Wildman–Crippen LogP) is 1.26. The molecule has 17 heavy (non-hydrogen) atoms. The molecule has 2 heterocycles. The first-order valence-corrected chi connectivity index (χ1v) is 5.91. The Hall–Kier alpha value is -1.61. The molecule has 0 saturated carbocycles. The minimum absolute atomic E-state index is 0.650. The van der Waals surface area contributed by atoms with Crippen molar-refractivity contribution in [2.75, 3.05) is 0 Å². The molecule has 0 amide bonds. The van der Waals surface area contributed by atoms with E-state index in [1.165, 1.54) is 16.5 Å². The Morgan fingerprint density at radius 3 is 3.06 bits per heavy atom. The molecule has 1 aliphatic rings. The topological polar surface area (TPSA) is 37.5 Å². The van der Waals surface area contributed by atoms with E-state index in [1.54, 1.807) is 0 Å². The van der Waals surface area contributed by atoms with Crippen molar-refractivity contribution in [2.45, 2.75) is 32.3 Å². The van der Waals surface area contributed by atoms with Gasteiger partial charge in [0.15, 0.2) is 0 Å². The van der Waals surface area contributed by atoms with Crippen LogP contribution in [0.1, 0.15) is 25.1 Å². The fraction of sp³-hybridized carbons (Fsp3) is 0.357. The van der Waals surface area contributed by atoms with Crippen LogP contribution in [0.3, 0.4) is 0 Å². The van der Waals surface area contributed by atoms with E-state index in [0.29, 0.717) is 6.42 Å². The number of fused-ring (bicyclic) bond motifs is 3. The van der Waals surface area contributed by atoms with Crippen LogP contribution in [0.2, 0.25) is 0 Å². The summed E-state index contributed by atoms with van der Waals surface area (Å²) in [5, 5.41) is 11.3. The maximum atomic E-state index is 10.0. The molecule has 1 aliphatic carbocycles. The maximum absolute atomic E-state index is 10.0. The lowest BCUT2D eigenvalue weighted by Gasteiger charge is -2.18. The molecule has 0 spiro atoms. The van der Waals surface area contributed by atoms with Crippen LogP contribution in [0.25, 0.3) is 11.6 Å². The Balaban J connectivity index is 2.28. The average molecular weight is 228 g/mol. The van der Waals surface area contributed by atoms with Crippen LogP contribution in [0.4, 0.5) is 0 Å². The molecule has 0 aromatic carbocycles. The molecule has 2 aromatic rings. The highest BCUT2D eigenvalue weighted by atomic mass is 16.3. The molecule has 3 rings (SSSR count). The minimum atomic E-state index is -0.694. The van der Waals surface area contributed by atoms with Crippen molar-refractivity contribution in [2.24, 2.45) is 0 Å². The van der Waals surface area contributed by atoms with Gasteiger partial charge in [-0.3, -0.25) is 0 Å². The van der Waals surface area contributed by atoms with Crippen LogP contribution in [-0.4, -0.2) is 20.1 Å². The largest absolute Gasteiger partial charge is 0.390 e. The fourth-order valence-corrected chi connectivity index (χ4v) is 2.53. The molecule has 0 radical (unpaired) electrons. The lowest BCUT2D eigenvalue weighted by atomic mass is 9.97.